The van der Waals surface area contributed by atoms with Gasteiger partial charge in [-0.15, -0.1) is 9.90 Å². The summed E-state index contributed by atoms with van der Waals surface area (Å²) >= 11 is 0. The molecule has 7 heteroatoms. The lowest BCUT2D eigenvalue weighted by atomic mass is 10.2. The topological polar surface area (TPSA) is 81.9 Å². The first kappa shape index (κ1) is 15.4. The first-order chi connectivity index (χ1) is 11.7. The third-order valence-electron chi connectivity index (χ3n) is 3.16. The van der Waals surface area contributed by atoms with Gasteiger partial charge in [0.05, 0.1) is 0 Å². The maximum Gasteiger partial charge on any atom is 0.270 e. The molecule has 0 spiro atoms. The van der Waals surface area contributed by atoms with Crippen LogP contribution in [-0.2, 0) is 6.61 Å². The van der Waals surface area contributed by atoms with Gasteiger partial charge >= 0.3 is 0 Å². The fourth-order valence-electron chi connectivity index (χ4n) is 1.99. The van der Waals surface area contributed by atoms with Crippen molar-refractivity contribution in [2.75, 3.05) is 5.32 Å². The predicted molar refractivity (Wildman–Crippen MR) is 89.4 cm³/mol. The van der Waals surface area contributed by atoms with Gasteiger partial charge in [-0.1, -0.05) is 48.1 Å². The summed E-state index contributed by atoms with van der Waals surface area (Å²) in [5.74, 6) is 0.369. The lowest BCUT2D eigenvalue weighted by Gasteiger charge is -2.08. The lowest BCUT2D eigenvalue weighted by Crippen LogP contribution is -2.13. The number of amides is 1. The van der Waals surface area contributed by atoms with Crippen molar-refractivity contribution in [3.63, 3.8) is 0 Å². The Labute approximate surface area is 138 Å². The van der Waals surface area contributed by atoms with E-state index in [4.69, 9.17) is 4.74 Å². The normalized spacial score (nSPS) is 10.2. The molecule has 3 rings (SSSR count). The number of carbonyl (C=O) groups excluding carboxylic acids is 1. The van der Waals surface area contributed by atoms with Gasteiger partial charge in [-0.2, -0.15) is 0 Å². The van der Waals surface area contributed by atoms with Crippen LogP contribution in [0.1, 0.15) is 15.9 Å². The largest absolute Gasteiger partial charge is 0.489 e. The Hall–Kier alpha value is -3.48. The van der Waals surface area contributed by atoms with Crippen molar-refractivity contribution >= 4 is 18.1 Å². The van der Waals surface area contributed by atoms with Crippen LogP contribution in [0.4, 0.5) is 5.95 Å². The van der Waals surface area contributed by atoms with Crippen LogP contribution in [0.25, 0.3) is 6.20 Å². The molecule has 0 unspecified atom stereocenters. The molecular formula is C17H15N5O2. The lowest BCUT2D eigenvalue weighted by molar-refractivity contribution is 0.102. The Morgan fingerprint density at radius 3 is 2.79 bits per heavy atom. The first-order valence-electron chi connectivity index (χ1n) is 7.25. The molecule has 120 valence electrons. The van der Waals surface area contributed by atoms with Crippen molar-refractivity contribution in [1.82, 2.24) is 20.2 Å². The first-order valence-corrected chi connectivity index (χ1v) is 7.25. The average Bonchev–Trinajstić information content (AvgIpc) is 3.09. The van der Waals surface area contributed by atoms with Gasteiger partial charge in [0, 0.05) is 11.8 Å². The van der Waals surface area contributed by atoms with Crippen molar-refractivity contribution in [1.29, 1.82) is 0 Å². The van der Waals surface area contributed by atoms with Gasteiger partial charge in [0.25, 0.3) is 11.9 Å². The zero-order valence-electron chi connectivity index (χ0n) is 12.8. The Morgan fingerprint density at radius 2 is 2.04 bits per heavy atom. The minimum Gasteiger partial charge on any atom is -0.489 e. The summed E-state index contributed by atoms with van der Waals surface area (Å²) in [6.07, 6.45) is 1.38. The number of hydrogen-bond acceptors (Lipinski definition) is 5. The summed E-state index contributed by atoms with van der Waals surface area (Å²) in [4.78, 5) is 13.4. The maximum absolute atomic E-state index is 12.2. The van der Waals surface area contributed by atoms with Crippen LogP contribution in [0.5, 0.6) is 5.75 Å². The third-order valence-corrected chi connectivity index (χ3v) is 3.16. The second kappa shape index (κ2) is 7.19. The SMILES string of the molecule is C=Cn1nnc(NC(=O)c2cccc(OCc3ccccc3)c2)n1. The molecule has 0 aliphatic heterocycles. The molecule has 0 saturated carbocycles. The summed E-state index contributed by atoms with van der Waals surface area (Å²) in [7, 11) is 0. The number of ether oxygens (including phenoxy) is 1. The van der Waals surface area contributed by atoms with Gasteiger partial charge < -0.3 is 4.74 Å². The maximum atomic E-state index is 12.2. The number of carbonyl (C=O) groups is 1. The van der Waals surface area contributed by atoms with Crippen molar-refractivity contribution in [3.05, 3.63) is 72.3 Å². The van der Waals surface area contributed by atoms with Gasteiger partial charge in [0.1, 0.15) is 12.4 Å². The molecule has 0 bridgehead atoms. The van der Waals surface area contributed by atoms with E-state index in [9.17, 15) is 4.79 Å². The third kappa shape index (κ3) is 3.83. The van der Waals surface area contributed by atoms with Crippen molar-refractivity contribution in [2.45, 2.75) is 6.61 Å². The molecule has 1 N–H and O–H groups in total. The van der Waals surface area contributed by atoms with Crippen molar-refractivity contribution in [3.8, 4) is 5.75 Å². The van der Waals surface area contributed by atoms with E-state index in [0.717, 1.165) is 10.4 Å². The van der Waals surface area contributed by atoms with Crippen LogP contribution < -0.4 is 10.1 Å². The molecule has 7 nitrogen and oxygen atoms in total. The molecule has 1 heterocycles. The van der Waals surface area contributed by atoms with E-state index in [0.29, 0.717) is 17.9 Å². The predicted octanol–water partition coefficient (Wildman–Crippen LogP) is 2.60. The summed E-state index contributed by atoms with van der Waals surface area (Å²) in [6.45, 7) is 3.94. The van der Waals surface area contributed by atoms with E-state index in [1.807, 2.05) is 30.3 Å². The molecule has 0 fully saturated rings. The van der Waals surface area contributed by atoms with Crippen LogP contribution in [-0.4, -0.2) is 26.1 Å². The summed E-state index contributed by atoms with van der Waals surface area (Å²) < 4.78 is 5.71. The van der Waals surface area contributed by atoms with Crippen LogP contribution in [0.15, 0.2) is 61.2 Å². The molecule has 1 amide bonds. The van der Waals surface area contributed by atoms with Gasteiger partial charge in [-0.3, -0.25) is 10.1 Å². The highest BCUT2D eigenvalue weighted by Crippen LogP contribution is 2.16. The van der Waals surface area contributed by atoms with E-state index in [-0.39, 0.29) is 11.9 Å². The van der Waals surface area contributed by atoms with Gasteiger partial charge in [0.15, 0.2) is 0 Å². The van der Waals surface area contributed by atoms with Crippen LogP contribution >= 0.6 is 0 Å². The monoisotopic (exact) mass is 321 g/mol. The summed E-state index contributed by atoms with van der Waals surface area (Å²) in [5, 5.41) is 13.9. The fraction of sp³-hybridized carbons (Fsp3) is 0.0588. The molecule has 0 aliphatic carbocycles. The second-order valence-electron chi connectivity index (χ2n) is 4.87. The molecule has 0 aliphatic rings. The highest BCUT2D eigenvalue weighted by molar-refractivity contribution is 6.03. The number of benzene rings is 2. The Bertz CT molecular complexity index is 845. The quantitative estimate of drug-likeness (QED) is 0.754. The minimum atomic E-state index is -0.344. The average molecular weight is 321 g/mol. The molecule has 0 saturated heterocycles. The zero-order valence-corrected chi connectivity index (χ0v) is 12.8. The molecule has 2 aromatic carbocycles. The smallest absolute Gasteiger partial charge is 0.270 e. The number of nitrogens with one attached hydrogen (secondary N) is 1. The van der Waals surface area contributed by atoms with E-state index in [2.05, 4.69) is 27.3 Å². The molecule has 24 heavy (non-hydrogen) atoms. The number of hydrogen-bond donors (Lipinski definition) is 1. The Morgan fingerprint density at radius 1 is 1.21 bits per heavy atom. The minimum absolute atomic E-state index is 0.107. The number of nitrogens with zero attached hydrogens (tertiary/aromatic N) is 4. The summed E-state index contributed by atoms with van der Waals surface area (Å²) in [6, 6.07) is 16.7. The highest BCUT2D eigenvalue weighted by atomic mass is 16.5. The van der Waals surface area contributed by atoms with Crippen LogP contribution in [0.3, 0.4) is 0 Å². The molecule has 1 aromatic heterocycles. The van der Waals surface area contributed by atoms with Crippen LogP contribution in [0.2, 0.25) is 0 Å². The van der Waals surface area contributed by atoms with Crippen molar-refractivity contribution in [2.24, 2.45) is 0 Å². The number of rotatable bonds is 6. The van der Waals surface area contributed by atoms with Crippen molar-refractivity contribution < 1.29 is 9.53 Å². The molecule has 0 radical (unpaired) electrons. The van der Waals surface area contributed by atoms with E-state index in [1.165, 1.54) is 6.20 Å². The van der Waals surface area contributed by atoms with Gasteiger partial charge in [0.2, 0.25) is 0 Å². The molecule has 0 atom stereocenters. The Balaban J connectivity index is 1.65. The zero-order chi connectivity index (χ0) is 16.8. The van der Waals surface area contributed by atoms with Gasteiger partial charge in [-0.05, 0) is 29.0 Å². The van der Waals surface area contributed by atoms with E-state index >= 15 is 0 Å². The van der Waals surface area contributed by atoms with E-state index in [1.54, 1.807) is 24.3 Å². The Kier molecular flexibility index (Phi) is 4.62. The fourth-order valence-corrected chi connectivity index (χ4v) is 1.99. The van der Waals surface area contributed by atoms with Gasteiger partial charge in [-0.25, -0.2) is 0 Å². The summed E-state index contributed by atoms with van der Waals surface area (Å²) in [5.41, 5.74) is 1.49. The standard InChI is InChI=1S/C17H15N5O2/c1-2-22-20-17(19-21-22)18-16(23)14-9-6-10-15(11-14)24-12-13-7-4-3-5-8-13/h2-11H,1,12H2,(H,18,20,23). The second-order valence-corrected chi connectivity index (χ2v) is 4.87. The van der Waals surface area contributed by atoms with Crippen LogP contribution in [0, 0.1) is 0 Å². The number of anilines is 1. The van der Waals surface area contributed by atoms with E-state index < -0.39 is 0 Å². The highest BCUT2D eigenvalue weighted by Gasteiger charge is 2.10. The molecule has 3 aromatic rings. The molecular weight excluding hydrogens is 306 g/mol. The number of aromatic nitrogens is 4. The number of tetrazole rings is 1.